The lowest BCUT2D eigenvalue weighted by molar-refractivity contribution is -0.143. The second kappa shape index (κ2) is 9.41. The van der Waals surface area contributed by atoms with Crippen LogP contribution in [0.4, 0.5) is 4.79 Å². The van der Waals surface area contributed by atoms with Gasteiger partial charge in [0.25, 0.3) is 0 Å². The first-order chi connectivity index (χ1) is 13.4. The van der Waals surface area contributed by atoms with Crippen LogP contribution in [0.2, 0.25) is 0 Å². The van der Waals surface area contributed by atoms with Crippen molar-refractivity contribution in [3.8, 4) is 0 Å². The number of carboxylic acid groups (broad SMARTS) is 1. The van der Waals surface area contributed by atoms with Crippen LogP contribution in [0.25, 0.3) is 0 Å². The molecule has 2 unspecified atom stereocenters. The Morgan fingerprint density at radius 2 is 1.82 bits per heavy atom. The molecular weight excluding hydrogens is 354 g/mol. The van der Waals surface area contributed by atoms with Gasteiger partial charge in [-0.3, -0.25) is 9.69 Å². The topological polar surface area (TPSA) is 72.9 Å². The summed E-state index contributed by atoms with van der Waals surface area (Å²) in [6, 6.07) is 8.21. The van der Waals surface area contributed by atoms with Crippen molar-refractivity contribution in [2.75, 3.05) is 26.2 Å². The fourth-order valence-corrected chi connectivity index (χ4v) is 4.30. The molecule has 2 aliphatic rings. The normalized spacial score (nSPS) is 24.1. The first kappa shape index (κ1) is 20.6. The fraction of sp³-hybridized carbons (Fsp3) is 0.636. The minimum absolute atomic E-state index is 0.173. The Balaban J connectivity index is 1.51. The number of hydrogen-bond acceptors (Lipinski definition) is 3. The van der Waals surface area contributed by atoms with E-state index in [9.17, 15) is 14.7 Å². The van der Waals surface area contributed by atoms with Gasteiger partial charge in [-0.25, -0.2) is 4.79 Å². The van der Waals surface area contributed by atoms with Gasteiger partial charge in [0.2, 0.25) is 0 Å². The second-order valence-corrected chi connectivity index (χ2v) is 8.72. The molecule has 1 aromatic rings. The lowest BCUT2D eigenvalue weighted by Gasteiger charge is -2.34. The van der Waals surface area contributed by atoms with Crippen LogP contribution in [0.1, 0.15) is 44.2 Å². The zero-order valence-corrected chi connectivity index (χ0v) is 17.1. The average Bonchev–Trinajstić information content (AvgIpc) is 2.67. The van der Waals surface area contributed by atoms with Crippen LogP contribution in [-0.2, 0) is 17.9 Å². The fourth-order valence-electron chi connectivity index (χ4n) is 4.30. The van der Waals surface area contributed by atoms with Crippen molar-refractivity contribution >= 4 is 12.0 Å². The number of carbonyl (C=O) groups is 2. The number of carbonyl (C=O) groups excluding carboxylic acids is 1. The zero-order chi connectivity index (χ0) is 20.1. The number of hydrogen-bond donors (Lipinski definition) is 2. The summed E-state index contributed by atoms with van der Waals surface area (Å²) in [4.78, 5) is 28.0. The Hall–Kier alpha value is -2.08. The van der Waals surface area contributed by atoms with E-state index >= 15 is 0 Å². The van der Waals surface area contributed by atoms with Gasteiger partial charge in [-0.05, 0) is 55.3 Å². The van der Waals surface area contributed by atoms with Crippen LogP contribution in [-0.4, -0.2) is 53.1 Å². The number of benzene rings is 1. The lowest BCUT2D eigenvalue weighted by atomic mass is 9.91. The molecule has 2 N–H and O–H groups in total. The SMILES string of the molecule is CC1CCN(Cc2cccc(CNC(=O)N3CC(C)CC(C(=O)O)C3)c2)CC1. The molecule has 6 heteroatoms. The first-order valence-electron chi connectivity index (χ1n) is 10.5. The quantitative estimate of drug-likeness (QED) is 0.814. The van der Waals surface area contributed by atoms with Gasteiger partial charge in [-0.2, -0.15) is 0 Å². The van der Waals surface area contributed by atoms with Crippen molar-refractivity contribution in [3.05, 3.63) is 35.4 Å². The molecule has 154 valence electrons. The molecule has 0 radical (unpaired) electrons. The second-order valence-electron chi connectivity index (χ2n) is 8.72. The van der Waals surface area contributed by atoms with Gasteiger partial charge in [0.15, 0.2) is 0 Å². The number of urea groups is 1. The van der Waals surface area contributed by atoms with Gasteiger partial charge in [0, 0.05) is 26.2 Å². The van der Waals surface area contributed by atoms with E-state index in [2.05, 4.69) is 29.3 Å². The number of amides is 2. The molecule has 0 bridgehead atoms. The molecule has 3 rings (SSSR count). The van der Waals surface area contributed by atoms with Crippen molar-refractivity contribution in [1.29, 1.82) is 0 Å². The maximum Gasteiger partial charge on any atom is 0.317 e. The van der Waals surface area contributed by atoms with Crippen LogP contribution in [0.5, 0.6) is 0 Å². The summed E-state index contributed by atoms with van der Waals surface area (Å²) in [5.74, 6) is -0.249. The summed E-state index contributed by atoms with van der Waals surface area (Å²) in [7, 11) is 0. The molecule has 0 aromatic heterocycles. The standard InChI is InChI=1S/C22H33N3O3/c1-16-6-8-24(9-7-16)14-19-5-3-4-18(11-19)12-23-22(28)25-13-17(2)10-20(15-25)21(26)27/h3-5,11,16-17,20H,6-10,12-15H2,1-2H3,(H,23,28)(H,26,27). The summed E-state index contributed by atoms with van der Waals surface area (Å²) in [5, 5.41) is 12.2. The van der Waals surface area contributed by atoms with Crippen LogP contribution in [0, 0.1) is 17.8 Å². The van der Waals surface area contributed by atoms with E-state index in [4.69, 9.17) is 0 Å². The predicted molar refractivity (Wildman–Crippen MR) is 109 cm³/mol. The molecule has 0 saturated carbocycles. The summed E-state index contributed by atoms with van der Waals surface area (Å²) >= 11 is 0. The van der Waals surface area contributed by atoms with Crippen molar-refractivity contribution < 1.29 is 14.7 Å². The highest BCUT2D eigenvalue weighted by atomic mass is 16.4. The number of piperidine rings is 2. The van der Waals surface area contributed by atoms with Crippen molar-refractivity contribution in [2.45, 2.75) is 46.2 Å². The first-order valence-corrected chi connectivity index (χ1v) is 10.5. The molecule has 28 heavy (non-hydrogen) atoms. The number of nitrogens with one attached hydrogen (secondary N) is 1. The Morgan fingerprint density at radius 1 is 1.11 bits per heavy atom. The van der Waals surface area contributed by atoms with E-state index in [1.807, 2.05) is 19.1 Å². The summed E-state index contributed by atoms with van der Waals surface area (Å²) < 4.78 is 0. The molecule has 2 aliphatic heterocycles. The Labute approximate surface area is 167 Å². The molecule has 6 nitrogen and oxygen atoms in total. The molecule has 1 aromatic carbocycles. The number of aliphatic carboxylic acids is 1. The monoisotopic (exact) mass is 387 g/mol. The van der Waals surface area contributed by atoms with Crippen molar-refractivity contribution in [2.24, 2.45) is 17.8 Å². The summed E-state index contributed by atoms with van der Waals surface area (Å²) in [6.07, 6.45) is 3.17. The molecule has 0 aliphatic carbocycles. The third kappa shape index (κ3) is 5.71. The smallest absolute Gasteiger partial charge is 0.317 e. The van der Waals surface area contributed by atoms with Gasteiger partial charge >= 0.3 is 12.0 Å². The summed E-state index contributed by atoms with van der Waals surface area (Å²) in [6.45, 7) is 8.95. The predicted octanol–water partition coefficient (Wildman–Crippen LogP) is 3.17. The summed E-state index contributed by atoms with van der Waals surface area (Å²) in [5.41, 5.74) is 2.36. The molecule has 2 saturated heterocycles. The average molecular weight is 388 g/mol. The molecule has 0 spiro atoms. The molecule has 2 amide bonds. The minimum Gasteiger partial charge on any atom is -0.481 e. The number of likely N-dealkylation sites (tertiary alicyclic amines) is 2. The third-order valence-electron chi connectivity index (χ3n) is 6.01. The van der Waals surface area contributed by atoms with Crippen LogP contribution < -0.4 is 5.32 Å². The highest BCUT2D eigenvalue weighted by molar-refractivity contribution is 5.76. The van der Waals surface area contributed by atoms with E-state index in [1.165, 1.54) is 18.4 Å². The zero-order valence-electron chi connectivity index (χ0n) is 17.1. The number of nitrogens with zero attached hydrogens (tertiary/aromatic N) is 2. The number of carboxylic acids is 1. The minimum atomic E-state index is -0.816. The Kier molecular flexibility index (Phi) is 6.94. The van der Waals surface area contributed by atoms with Gasteiger partial charge < -0.3 is 15.3 Å². The molecular formula is C22H33N3O3. The van der Waals surface area contributed by atoms with Crippen LogP contribution >= 0.6 is 0 Å². The highest BCUT2D eigenvalue weighted by Gasteiger charge is 2.31. The van der Waals surface area contributed by atoms with Crippen molar-refractivity contribution in [1.82, 2.24) is 15.1 Å². The number of rotatable bonds is 5. The van der Waals surface area contributed by atoms with Gasteiger partial charge in [0.05, 0.1) is 5.92 Å². The van der Waals surface area contributed by atoms with Crippen LogP contribution in [0.3, 0.4) is 0 Å². The van der Waals surface area contributed by atoms with Crippen LogP contribution in [0.15, 0.2) is 24.3 Å². The molecule has 2 fully saturated rings. The maximum atomic E-state index is 12.5. The van der Waals surface area contributed by atoms with Gasteiger partial charge in [-0.1, -0.05) is 38.1 Å². The van der Waals surface area contributed by atoms with Gasteiger partial charge in [0.1, 0.15) is 0 Å². The van der Waals surface area contributed by atoms with E-state index in [1.54, 1.807) is 4.90 Å². The van der Waals surface area contributed by atoms with Crippen molar-refractivity contribution in [3.63, 3.8) is 0 Å². The van der Waals surface area contributed by atoms with Gasteiger partial charge in [-0.15, -0.1) is 0 Å². The third-order valence-corrected chi connectivity index (χ3v) is 6.01. The largest absolute Gasteiger partial charge is 0.481 e. The highest BCUT2D eigenvalue weighted by Crippen LogP contribution is 2.22. The van der Waals surface area contributed by atoms with E-state index in [-0.39, 0.29) is 11.9 Å². The maximum absolute atomic E-state index is 12.5. The lowest BCUT2D eigenvalue weighted by Crippen LogP contribution is -2.49. The molecule has 2 heterocycles. The van der Waals surface area contributed by atoms with E-state index < -0.39 is 11.9 Å². The Bertz CT molecular complexity index is 685. The Morgan fingerprint density at radius 3 is 2.54 bits per heavy atom. The van der Waals surface area contributed by atoms with E-state index in [0.717, 1.165) is 31.1 Å². The van der Waals surface area contributed by atoms with E-state index in [0.29, 0.717) is 26.1 Å². The molecule has 2 atom stereocenters.